The van der Waals surface area contributed by atoms with E-state index in [0.29, 0.717) is 5.92 Å². The summed E-state index contributed by atoms with van der Waals surface area (Å²) in [6.45, 7) is 8.15. The van der Waals surface area contributed by atoms with Crippen LogP contribution in [0.1, 0.15) is 32.3 Å². The highest BCUT2D eigenvalue weighted by atomic mass is 35.5. The van der Waals surface area contributed by atoms with Crippen LogP contribution in [0.3, 0.4) is 0 Å². The van der Waals surface area contributed by atoms with Crippen molar-refractivity contribution >= 4 is 23.2 Å². The van der Waals surface area contributed by atoms with E-state index in [1.165, 1.54) is 0 Å². The summed E-state index contributed by atoms with van der Waals surface area (Å²) in [6.07, 6.45) is 3.03. The standard InChI is InChI=1S/C17H25Cl2NO/c1-13(2)11-20-12-17(6-8-21-9-7-17)10-14-15(18)4-3-5-16(14)19/h3-5,13,20H,6-12H2,1-2H3. The molecule has 1 aromatic carbocycles. The zero-order valence-corrected chi connectivity index (χ0v) is 14.4. The number of halogens is 2. The zero-order valence-electron chi connectivity index (χ0n) is 12.9. The molecule has 0 bridgehead atoms. The van der Waals surface area contributed by atoms with Crippen molar-refractivity contribution in [3.8, 4) is 0 Å². The fourth-order valence-electron chi connectivity index (χ4n) is 2.92. The van der Waals surface area contributed by atoms with Crippen LogP contribution in [0.15, 0.2) is 18.2 Å². The second-order valence-corrected chi connectivity index (χ2v) is 7.33. The molecule has 1 N–H and O–H groups in total. The van der Waals surface area contributed by atoms with E-state index in [-0.39, 0.29) is 5.41 Å². The third-order valence-corrected chi connectivity index (χ3v) is 4.93. The molecule has 118 valence electrons. The molecular weight excluding hydrogens is 305 g/mol. The van der Waals surface area contributed by atoms with Crippen LogP contribution < -0.4 is 5.32 Å². The van der Waals surface area contributed by atoms with Gasteiger partial charge in [0.1, 0.15) is 0 Å². The average Bonchev–Trinajstić information content (AvgIpc) is 2.44. The Morgan fingerprint density at radius 3 is 2.38 bits per heavy atom. The molecular formula is C17H25Cl2NO. The van der Waals surface area contributed by atoms with Gasteiger partial charge in [-0.25, -0.2) is 0 Å². The van der Waals surface area contributed by atoms with Crippen LogP contribution >= 0.6 is 23.2 Å². The van der Waals surface area contributed by atoms with Gasteiger partial charge in [-0.05, 0) is 54.8 Å². The maximum absolute atomic E-state index is 6.36. The fraction of sp³-hybridized carbons (Fsp3) is 0.647. The Morgan fingerprint density at radius 2 is 1.81 bits per heavy atom. The summed E-state index contributed by atoms with van der Waals surface area (Å²) in [5.74, 6) is 0.658. The molecule has 21 heavy (non-hydrogen) atoms. The summed E-state index contributed by atoms with van der Waals surface area (Å²) >= 11 is 12.7. The Labute approximate surface area is 138 Å². The van der Waals surface area contributed by atoms with E-state index in [2.05, 4.69) is 19.2 Å². The monoisotopic (exact) mass is 329 g/mol. The molecule has 0 unspecified atom stereocenters. The number of hydrogen-bond donors (Lipinski definition) is 1. The van der Waals surface area contributed by atoms with Gasteiger partial charge in [-0.1, -0.05) is 43.1 Å². The first-order valence-electron chi connectivity index (χ1n) is 7.74. The predicted molar refractivity (Wildman–Crippen MR) is 90.4 cm³/mol. The number of ether oxygens (including phenoxy) is 1. The third-order valence-electron chi connectivity index (χ3n) is 4.22. The first-order valence-corrected chi connectivity index (χ1v) is 8.49. The van der Waals surface area contributed by atoms with Crippen LogP contribution in [-0.2, 0) is 11.2 Å². The highest BCUT2D eigenvalue weighted by Crippen LogP contribution is 2.38. The molecule has 1 fully saturated rings. The lowest BCUT2D eigenvalue weighted by atomic mass is 9.75. The molecule has 0 atom stereocenters. The third kappa shape index (κ3) is 4.85. The summed E-state index contributed by atoms with van der Waals surface area (Å²) in [5, 5.41) is 5.16. The molecule has 2 rings (SSSR count). The van der Waals surface area contributed by atoms with Crippen molar-refractivity contribution in [3.05, 3.63) is 33.8 Å². The summed E-state index contributed by atoms with van der Waals surface area (Å²) in [4.78, 5) is 0. The molecule has 1 aliphatic rings. The largest absolute Gasteiger partial charge is 0.381 e. The minimum absolute atomic E-state index is 0.196. The van der Waals surface area contributed by atoms with Crippen LogP contribution in [0.4, 0.5) is 0 Å². The summed E-state index contributed by atoms with van der Waals surface area (Å²) in [5.41, 5.74) is 1.27. The molecule has 0 radical (unpaired) electrons. The van der Waals surface area contributed by atoms with E-state index in [0.717, 1.165) is 61.2 Å². The lowest BCUT2D eigenvalue weighted by Crippen LogP contribution is -2.41. The average molecular weight is 330 g/mol. The Bertz CT molecular complexity index is 436. The van der Waals surface area contributed by atoms with Gasteiger partial charge in [0, 0.05) is 29.8 Å². The van der Waals surface area contributed by atoms with E-state index >= 15 is 0 Å². The molecule has 1 aromatic rings. The van der Waals surface area contributed by atoms with Gasteiger partial charge in [0.25, 0.3) is 0 Å². The van der Waals surface area contributed by atoms with E-state index in [1.807, 2.05) is 18.2 Å². The molecule has 2 nitrogen and oxygen atoms in total. The van der Waals surface area contributed by atoms with Crippen LogP contribution in [0, 0.1) is 11.3 Å². The minimum Gasteiger partial charge on any atom is -0.381 e. The lowest BCUT2D eigenvalue weighted by Gasteiger charge is -2.38. The van der Waals surface area contributed by atoms with E-state index in [1.54, 1.807) is 0 Å². The van der Waals surface area contributed by atoms with E-state index < -0.39 is 0 Å². The second kappa shape index (κ2) is 7.82. The van der Waals surface area contributed by atoms with Gasteiger partial charge in [0.15, 0.2) is 0 Å². The molecule has 1 aliphatic heterocycles. The van der Waals surface area contributed by atoms with Crippen molar-refractivity contribution in [2.45, 2.75) is 33.1 Å². The van der Waals surface area contributed by atoms with E-state index in [4.69, 9.17) is 27.9 Å². The van der Waals surface area contributed by atoms with Gasteiger partial charge in [0.2, 0.25) is 0 Å². The molecule has 0 spiro atoms. The Morgan fingerprint density at radius 1 is 1.19 bits per heavy atom. The predicted octanol–water partition coefficient (Wildman–Crippen LogP) is 4.58. The van der Waals surface area contributed by atoms with Crippen LogP contribution in [0.5, 0.6) is 0 Å². The second-order valence-electron chi connectivity index (χ2n) is 6.51. The quantitative estimate of drug-likeness (QED) is 0.824. The number of benzene rings is 1. The van der Waals surface area contributed by atoms with Crippen LogP contribution in [0.2, 0.25) is 10.0 Å². The van der Waals surface area contributed by atoms with Gasteiger partial charge in [0.05, 0.1) is 0 Å². The topological polar surface area (TPSA) is 21.3 Å². The lowest BCUT2D eigenvalue weighted by molar-refractivity contribution is 0.0147. The first kappa shape index (κ1) is 17.1. The maximum atomic E-state index is 6.36. The SMILES string of the molecule is CC(C)CNCC1(Cc2c(Cl)cccc2Cl)CCOCC1. The van der Waals surface area contributed by atoms with Crippen molar-refractivity contribution in [3.63, 3.8) is 0 Å². The minimum atomic E-state index is 0.196. The molecule has 1 saturated heterocycles. The maximum Gasteiger partial charge on any atom is 0.0471 e. The molecule has 4 heteroatoms. The summed E-state index contributed by atoms with van der Waals surface area (Å²) < 4.78 is 5.56. The summed E-state index contributed by atoms with van der Waals surface area (Å²) in [7, 11) is 0. The van der Waals surface area contributed by atoms with Crippen molar-refractivity contribution < 1.29 is 4.74 Å². The first-order chi connectivity index (χ1) is 10.0. The Balaban J connectivity index is 2.12. The number of rotatable bonds is 6. The fourth-order valence-corrected chi connectivity index (χ4v) is 3.45. The van der Waals surface area contributed by atoms with Gasteiger partial charge >= 0.3 is 0 Å². The summed E-state index contributed by atoms with van der Waals surface area (Å²) in [6, 6.07) is 5.76. The van der Waals surface area contributed by atoms with Crippen LogP contribution in [-0.4, -0.2) is 26.3 Å². The molecule has 0 saturated carbocycles. The van der Waals surface area contributed by atoms with Gasteiger partial charge in [-0.15, -0.1) is 0 Å². The highest BCUT2D eigenvalue weighted by molar-refractivity contribution is 6.36. The van der Waals surface area contributed by atoms with Crippen molar-refractivity contribution in [2.24, 2.45) is 11.3 Å². The number of nitrogens with one attached hydrogen (secondary N) is 1. The van der Waals surface area contributed by atoms with Gasteiger partial charge in [-0.2, -0.15) is 0 Å². The van der Waals surface area contributed by atoms with Crippen LogP contribution in [0.25, 0.3) is 0 Å². The number of hydrogen-bond acceptors (Lipinski definition) is 2. The smallest absolute Gasteiger partial charge is 0.0471 e. The van der Waals surface area contributed by atoms with Gasteiger partial charge in [-0.3, -0.25) is 0 Å². The normalized spacial score (nSPS) is 18.1. The Hall–Kier alpha value is -0.280. The van der Waals surface area contributed by atoms with Crippen molar-refractivity contribution in [1.82, 2.24) is 5.32 Å². The zero-order chi connectivity index (χ0) is 15.3. The van der Waals surface area contributed by atoms with E-state index in [9.17, 15) is 0 Å². The Kier molecular flexibility index (Phi) is 6.36. The molecule has 0 amide bonds. The highest BCUT2D eigenvalue weighted by Gasteiger charge is 2.33. The molecule has 0 aromatic heterocycles. The van der Waals surface area contributed by atoms with Crippen molar-refractivity contribution in [2.75, 3.05) is 26.3 Å². The van der Waals surface area contributed by atoms with Crippen molar-refractivity contribution in [1.29, 1.82) is 0 Å². The molecule has 0 aliphatic carbocycles. The molecule has 1 heterocycles. The van der Waals surface area contributed by atoms with Gasteiger partial charge < -0.3 is 10.1 Å².